The summed E-state index contributed by atoms with van der Waals surface area (Å²) in [5.74, 6) is -0.663. The second kappa shape index (κ2) is 9.64. The van der Waals surface area contributed by atoms with E-state index in [4.69, 9.17) is 17.0 Å². The number of benzene rings is 1. The van der Waals surface area contributed by atoms with Gasteiger partial charge >= 0.3 is 0 Å². The third-order valence-corrected chi connectivity index (χ3v) is 3.68. The second-order valence-electron chi connectivity index (χ2n) is 6.22. The van der Waals surface area contributed by atoms with Gasteiger partial charge in [0.2, 0.25) is 5.91 Å². The smallest absolute Gasteiger partial charge is 0.274 e. The highest BCUT2D eigenvalue weighted by Gasteiger charge is 2.08. The fourth-order valence-corrected chi connectivity index (χ4v) is 2.45. The van der Waals surface area contributed by atoms with Gasteiger partial charge in [-0.15, -0.1) is 0 Å². The number of hydrogen-bond acceptors (Lipinski definition) is 4. The van der Waals surface area contributed by atoms with Gasteiger partial charge in [-0.2, -0.15) is 0 Å². The number of amides is 2. The molecule has 0 fully saturated rings. The van der Waals surface area contributed by atoms with Crippen LogP contribution in [0.2, 0.25) is 5.02 Å². The van der Waals surface area contributed by atoms with Gasteiger partial charge < -0.3 is 10.6 Å². The average molecular weight is 385 g/mol. The van der Waals surface area contributed by atoms with Crippen molar-refractivity contribution < 1.29 is 9.59 Å². The van der Waals surface area contributed by atoms with Crippen molar-refractivity contribution in [3.63, 3.8) is 0 Å². The maximum Gasteiger partial charge on any atom is 0.274 e. The minimum absolute atomic E-state index is 0.0141. The SMILES string of the molecule is CC(C)NC(=O)/C=C\C(=N)C(=O)Nc1ccc(Cc2cccc(Cl)c2)cn1. The van der Waals surface area contributed by atoms with E-state index in [1.165, 1.54) is 0 Å². The number of carbonyl (C=O) groups excluding carboxylic acids is 2. The molecule has 6 nitrogen and oxygen atoms in total. The van der Waals surface area contributed by atoms with Gasteiger partial charge in [0.15, 0.2) is 0 Å². The zero-order valence-corrected chi connectivity index (χ0v) is 15.9. The van der Waals surface area contributed by atoms with Gasteiger partial charge in [-0.25, -0.2) is 4.98 Å². The summed E-state index contributed by atoms with van der Waals surface area (Å²) in [4.78, 5) is 27.7. The molecular formula is C20H21ClN4O2. The molecule has 0 spiro atoms. The summed E-state index contributed by atoms with van der Waals surface area (Å²) < 4.78 is 0. The molecule has 0 bridgehead atoms. The van der Waals surface area contributed by atoms with Crippen LogP contribution in [0.3, 0.4) is 0 Å². The van der Waals surface area contributed by atoms with Crippen molar-refractivity contribution in [2.75, 3.05) is 5.32 Å². The van der Waals surface area contributed by atoms with Gasteiger partial charge in [0, 0.05) is 23.3 Å². The molecule has 3 N–H and O–H groups in total. The number of hydrogen-bond donors (Lipinski definition) is 3. The van der Waals surface area contributed by atoms with Crippen molar-refractivity contribution >= 4 is 34.9 Å². The molecule has 140 valence electrons. The Hall–Kier alpha value is -2.99. The Bertz CT molecular complexity index is 861. The molecule has 0 unspecified atom stereocenters. The second-order valence-corrected chi connectivity index (χ2v) is 6.66. The Kier molecular flexibility index (Phi) is 7.25. The quantitative estimate of drug-likeness (QED) is 0.504. The highest BCUT2D eigenvalue weighted by molar-refractivity contribution is 6.46. The summed E-state index contributed by atoms with van der Waals surface area (Å²) in [6.45, 7) is 3.65. The third-order valence-electron chi connectivity index (χ3n) is 3.44. The Balaban J connectivity index is 1.91. The van der Waals surface area contributed by atoms with Gasteiger partial charge in [0.1, 0.15) is 11.5 Å². The van der Waals surface area contributed by atoms with E-state index in [1.807, 2.05) is 44.2 Å². The molecule has 2 aromatic rings. The van der Waals surface area contributed by atoms with E-state index in [0.29, 0.717) is 17.3 Å². The van der Waals surface area contributed by atoms with E-state index < -0.39 is 5.91 Å². The minimum Gasteiger partial charge on any atom is -0.350 e. The van der Waals surface area contributed by atoms with Gasteiger partial charge in [-0.1, -0.05) is 29.8 Å². The van der Waals surface area contributed by atoms with Crippen LogP contribution in [-0.2, 0) is 16.0 Å². The maximum atomic E-state index is 12.0. The number of halogens is 1. The minimum atomic E-state index is -0.640. The van der Waals surface area contributed by atoms with Crippen LogP contribution in [0.15, 0.2) is 54.7 Å². The van der Waals surface area contributed by atoms with E-state index >= 15 is 0 Å². The Morgan fingerprint density at radius 3 is 2.59 bits per heavy atom. The molecule has 2 amide bonds. The summed E-state index contributed by atoms with van der Waals surface area (Å²) in [5.41, 5.74) is 1.70. The molecule has 1 heterocycles. The van der Waals surface area contributed by atoms with E-state index in [-0.39, 0.29) is 17.7 Å². The number of nitrogens with zero attached hydrogens (tertiary/aromatic N) is 1. The van der Waals surface area contributed by atoms with Crippen LogP contribution in [0.25, 0.3) is 0 Å². The van der Waals surface area contributed by atoms with E-state index in [2.05, 4.69) is 15.6 Å². The molecular weight excluding hydrogens is 364 g/mol. The Morgan fingerprint density at radius 2 is 1.96 bits per heavy atom. The van der Waals surface area contributed by atoms with Crippen LogP contribution in [0.4, 0.5) is 5.82 Å². The number of rotatable bonds is 7. The Labute approximate surface area is 163 Å². The first-order valence-corrected chi connectivity index (χ1v) is 8.79. The van der Waals surface area contributed by atoms with Crippen molar-refractivity contribution in [3.05, 3.63) is 70.9 Å². The molecule has 7 heteroatoms. The van der Waals surface area contributed by atoms with Crippen molar-refractivity contribution in [1.29, 1.82) is 5.41 Å². The molecule has 0 aliphatic heterocycles. The maximum absolute atomic E-state index is 12.0. The summed E-state index contributed by atoms with van der Waals surface area (Å²) in [6, 6.07) is 11.1. The molecule has 0 aliphatic carbocycles. The standard InChI is InChI=1S/C20H21ClN4O2/c1-13(2)24-19(26)9-7-17(22)20(27)25-18-8-6-15(12-23-18)10-14-4-3-5-16(21)11-14/h3-9,11-13,22H,10H2,1-2H3,(H,24,26)(H,23,25,27)/b9-7-,22-17?. The number of pyridine rings is 1. The first-order valence-electron chi connectivity index (χ1n) is 8.41. The highest BCUT2D eigenvalue weighted by atomic mass is 35.5. The molecule has 1 aromatic carbocycles. The average Bonchev–Trinajstić information content (AvgIpc) is 2.60. The summed E-state index contributed by atoms with van der Waals surface area (Å²) in [6.07, 6.45) is 4.64. The van der Waals surface area contributed by atoms with Crippen LogP contribution in [0, 0.1) is 5.41 Å². The van der Waals surface area contributed by atoms with Crippen molar-refractivity contribution in [3.8, 4) is 0 Å². The third kappa shape index (κ3) is 7.03. The topological polar surface area (TPSA) is 94.9 Å². The zero-order valence-electron chi connectivity index (χ0n) is 15.1. The molecule has 0 radical (unpaired) electrons. The normalized spacial score (nSPS) is 10.8. The fourth-order valence-electron chi connectivity index (χ4n) is 2.24. The van der Waals surface area contributed by atoms with E-state index in [9.17, 15) is 9.59 Å². The van der Waals surface area contributed by atoms with Crippen molar-refractivity contribution in [2.45, 2.75) is 26.3 Å². The molecule has 1 aromatic heterocycles. The first-order chi connectivity index (χ1) is 12.8. The van der Waals surface area contributed by atoms with E-state index in [1.54, 1.807) is 12.3 Å². The molecule has 27 heavy (non-hydrogen) atoms. The lowest BCUT2D eigenvalue weighted by Crippen LogP contribution is -2.29. The predicted molar refractivity (Wildman–Crippen MR) is 107 cm³/mol. The molecule has 0 saturated heterocycles. The van der Waals surface area contributed by atoms with Crippen LogP contribution in [0.1, 0.15) is 25.0 Å². The Morgan fingerprint density at radius 1 is 1.19 bits per heavy atom. The zero-order chi connectivity index (χ0) is 19.8. The van der Waals surface area contributed by atoms with Gasteiger partial charge in [0.25, 0.3) is 5.91 Å². The summed E-state index contributed by atoms with van der Waals surface area (Å²) in [7, 11) is 0. The summed E-state index contributed by atoms with van der Waals surface area (Å²) in [5, 5.41) is 13.6. The molecule has 2 rings (SSSR count). The van der Waals surface area contributed by atoms with Gasteiger partial charge in [-0.3, -0.25) is 15.0 Å². The van der Waals surface area contributed by atoms with Gasteiger partial charge in [0.05, 0.1) is 0 Å². The van der Waals surface area contributed by atoms with Crippen LogP contribution >= 0.6 is 11.6 Å². The lowest BCUT2D eigenvalue weighted by Gasteiger charge is -2.06. The largest absolute Gasteiger partial charge is 0.350 e. The van der Waals surface area contributed by atoms with E-state index in [0.717, 1.165) is 23.3 Å². The fraction of sp³-hybridized carbons (Fsp3) is 0.200. The number of anilines is 1. The van der Waals surface area contributed by atoms with Crippen LogP contribution in [0.5, 0.6) is 0 Å². The summed E-state index contributed by atoms with van der Waals surface area (Å²) >= 11 is 5.98. The monoisotopic (exact) mass is 384 g/mol. The van der Waals surface area contributed by atoms with Gasteiger partial charge in [-0.05, 0) is 55.7 Å². The highest BCUT2D eigenvalue weighted by Crippen LogP contribution is 2.15. The number of aromatic nitrogens is 1. The lowest BCUT2D eigenvalue weighted by molar-refractivity contribution is -0.117. The lowest BCUT2D eigenvalue weighted by atomic mass is 10.1. The molecule has 0 saturated carbocycles. The van der Waals surface area contributed by atoms with Crippen LogP contribution < -0.4 is 10.6 Å². The first kappa shape index (κ1) is 20.3. The molecule has 0 atom stereocenters. The van der Waals surface area contributed by atoms with Crippen molar-refractivity contribution in [2.24, 2.45) is 0 Å². The van der Waals surface area contributed by atoms with Crippen molar-refractivity contribution in [1.82, 2.24) is 10.3 Å². The van der Waals surface area contributed by atoms with Crippen LogP contribution in [-0.4, -0.2) is 28.6 Å². The number of carbonyl (C=O) groups is 2. The molecule has 0 aliphatic rings. The number of nitrogens with one attached hydrogen (secondary N) is 3. The predicted octanol–water partition coefficient (Wildman–Crippen LogP) is 3.36.